The lowest BCUT2D eigenvalue weighted by Crippen LogP contribution is -2.02. The van der Waals surface area contributed by atoms with E-state index in [1.807, 2.05) is 23.6 Å². The number of benzene rings is 1. The minimum Gasteiger partial charge on any atom is -0.497 e. The highest BCUT2D eigenvalue weighted by atomic mass is 32.1. The second-order valence-electron chi connectivity index (χ2n) is 3.75. The lowest BCUT2D eigenvalue weighted by atomic mass is 10.2. The lowest BCUT2D eigenvalue weighted by molar-refractivity contribution is 0.395. The molecule has 18 heavy (non-hydrogen) atoms. The molecule has 5 heteroatoms. The Morgan fingerprint density at radius 3 is 2.78 bits per heavy atom. The van der Waals surface area contributed by atoms with Crippen LogP contribution in [0.2, 0.25) is 0 Å². The monoisotopic (exact) mass is 264 g/mol. The third-order valence-corrected chi connectivity index (χ3v) is 3.52. The first-order chi connectivity index (χ1) is 8.78. The van der Waals surface area contributed by atoms with Crippen molar-refractivity contribution in [1.82, 2.24) is 4.98 Å². The molecule has 0 unspecified atom stereocenters. The number of rotatable bonds is 5. The molecule has 0 fully saturated rings. The van der Waals surface area contributed by atoms with Gasteiger partial charge >= 0.3 is 0 Å². The Morgan fingerprint density at radius 1 is 1.28 bits per heavy atom. The lowest BCUT2D eigenvalue weighted by Gasteiger charge is -2.08. The maximum absolute atomic E-state index is 5.53. The fourth-order valence-corrected chi connectivity index (χ4v) is 2.55. The largest absolute Gasteiger partial charge is 0.497 e. The molecule has 1 heterocycles. The van der Waals surface area contributed by atoms with Gasteiger partial charge < -0.3 is 15.2 Å². The fraction of sp³-hybridized carbons (Fsp3) is 0.308. The molecule has 2 aromatic rings. The summed E-state index contributed by atoms with van der Waals surface area (Å²) < 4.78 is 10.6. The van der Waals surface area contributed by atoms with Crippen LogP contribution in [0, 0.1) is 0 Å². The van der Waals surface area contributed by atoms with Crippen LogP contribution >= 0.6 is 11.3 Å². The summed E-state index contributed by atoms with van der Waals surface area (Å²) in [5, 5.41) is 2.98. The van der Waals surface area contributed by atoms with Crippen LogP contribution in [0.5, 0.6) is 11.5 Å². The zero-order valence-corrected chi connectivity index (χ0v) is 11.3. The van der Waals surface area contributed by atoms with Crippen LogP contribution in [-0.2, 0) is 6.42 Å². The van der Waals surface area contributed by atoms with Crippen molar-refractivity contribution in [2.45, 2.75) is 6.42 Å². The van der Waals surface area contributed by atoms with Gasteiger partial charge in [0.15, 0.2) is 0 Å². The number of aromatic nitrogens is 1. The summed E-state index contributed by atoms with van der Waals surface area (Å²) in [5.74, 6) is 1.54. The SMILES string of the molecule is COc1ccc(-c2nc(CCN)cs2)c(OC)c1. The third kappa shape index (κ3) is 2.63. The Hall–Kier alpha value is -1.59. The van der Waals surface area contributed by atoms with Crippen LogP contribution in [-0.4, -0.2) is 25.7 Å². The molecule has 0 bridgehead atoms. The van der Waals surface area contributed by atoms with E-state index in [1.165, 1.54) is 0 Å². The first kappa shape index (κ1) is 12.9. The van der Waals surface area contributed by atoms with Gasteiger partial charge in [-0.05, 0) is 18.7 Å². The van der Waals surface area contributed by atoms with Crippen molar-refractivity contribution in [1.29, 1.82) is 0 Å². The summed E-state index contributed by atoms with van der Waals surface area (Å²) in [5.41, 5.74) is 7.53. The molecular weight excluding hydrogens is 248 g/mol. The Labute approximate surface area is 110 Å². The third-order valence-electron chi connectivity index (χ3n) is 2.59. The van der Waals surface area contributed by atoms with E-state index in [-0.39, 0.29) is 0 Å². The number of methoxy groups -OCH3 is 2. The highest BCUT2D eigenvalue weighted by Crippen LogP contribution is 2.34. The van der Waals surface area contributed by atoms with Crippen molar-refractivity contribution in [3.63, 3.8) is 0 Å². The smallest absolute Gasteiger partial charge is 0.132 e. The van der Waals surface area contributed by atoms with E-state index < -0.39 is 0 Å². The highest BCUT2D eigenvalue weighted by Gasteiger charge is 2.11. The molecule has 2 rings (SSSR count). The molecule has 0 radical (unpaired) electrons. The molecule has 0 spiro atoms. The van der Waals surface area contributed by atoms with E-state index >= 15 is 0 Å². The van der Waals surface area contributed by atoms with Gasteiger partial charge in [0.05, 0.1) is 25.5 Å². The van der Waals surface area contributed by atoms with Crippen LogP contribution in [0.3, 0.4) is 0 Å². The van der Waals surface area contributed by atoms with Crippen molar-refractivity contribution in [2.24, 2.45) is 5.73 Å². The summed E-state index contributed by atoms with van der Waals surface area (Å²) in [4.78, 5) is 4.55. The van der Waals surface area contributed by atoms with Crippen molar-refractivity contribution in [3.8, 4) is 22.1 Å². The molecule has 0 aliphatic heterocycles. The topological polar surface area (TPSA) is 57.4 Å². The van der Waals surface area contributed by atoms with E-state index in [1.54, 1.807) is 25.6 Å². The van der Waals surface area contributed by atoms with Gasteiger partial charge in [0.2, 0.25) is 0 Å². The van der Waals surface area contributed by atoms with Crippen LogP contribution in [0.15, 0.2) is 23.6 Å². The van der Waals surface area contributed by atoms with Crippen LogP contribution in [0.4, 0.5) is 0 Å². The minimum atomic E-state index is 0.614. The van der Waals surface area contributed by atoms with Gasteiger partial charge in [0.1, 0.15) is 16.5 Å². The zero-order chi connectivity index (χ0) is 13.0. The second kappa shape index (κ2) is 5.84. The molecule has 1 aromatic heterocycles. The van der Waals surface area contributed by atoms with Crippen molar-refractivity contribution < 1.29 is 9.47 Å². The van der Waals surface area contributed by atoms with Gasteiger partial charge in [-0.3, -0.25) is 0 Å². The van der Waals surface area contributed by atoms with Gasteiger partial charge in [-0.25, -0.2) is 4.98 Å². The molecule has 96 valence electrons. The van der Waals surface area contributed by atoms with Crippen LogP contribution in [0.25, 0.3) is 10.6 Å². The zero-order valence-electron chi connectivity index (χ0n) is 10.5. The maximum Gasteiger partial charge on any atom is 0.132 e. The summed E-state index contributed by atoms with van der Waals surface area (Å²) in [6.45, 7) is 0.614. The summed E-state index contributed by atoms with van der Waals surface area (Å²) in [7, 11) is 3.28. The minimum absolute atomic E-state index is 0.614. The molecule has 0 aliphatic carbocycles. The molecule has 1 aromatic carbocycles. The standard InChI is InChI=1S/C13H16N2O2S/c1-16-10-3-4-11(12(7-10)17-2)13-15-9(5-6-14)8-18-13/h3-4,7-8H,5-6,14H2,1-2H3. The number of nitrogens with zero attached hydrogens (tertiary/aromatic N) is 1. The number of nitrogens with two attached hydrogens (primary N) is 1. The van der Waals surface area contributed by atoms with Crippen LogP contribution < -0.4 is 15.2 Å². The molecule has 2 N–H and O–H groups in total. The molecule has 0 aliphatic rings. The first-order valence-electron chi connectivity index (χ1n) is 5.65. The number of thiazole rings is 1. The fourth-order valence-electron chi connectivity index (χ4n) is 1.67. The Kier molecular flexibility index (Phi) is 4.17. The average Bonchev–Trinajstić information content (AvgIpc) is 2.87. The van der Waals surface area contributed by atoms with E-state index in [0.717, 1.165) is 34.2 Å². The molecule has 0 saturated heterocycles. The first-order valence-corrected chi connectivity index (χ1v) is 6.53. The Bertz CT molecular complexity index is 525. The normalized spacial score (nSPS) is 10.4. The van der Waals surface area contributed by atoms with Crippen molar-refractivity contribution >= 4 is 11.3 Å². The molecule has 0 saturated carbocycles. The second-order valence-corrected chi connectivity index (χ2v) is 4.61. The highest BCUT2D eigenvalue weighted by molar-refractivity contribution is 7.13. The van der Waals surface area contributed by atoms with Gasteiger partial charge in [-0.1, -0.05) is 0 Å². The van der Waals surface area contributed by atoms with Gasteiger partial charge in [-0.15, -0.1) is 11.3 Å². The molecular formula is C13H16N2O2S. The summed E-state index contributed by atoms with van der Waals surface area (Å²) in [6, 6.07) is 5.73. The molecule has 0 amide bonds. The number of hydrogen-bond donors (Lipinski definition) is 1. The summed E-state index contributed by atoms with van der Waals surface area (Å²) >= 11 is 1.60. The number of ether oxygens (including phenoxy) is 2. The van der Waals surface area contributed by atoms with Crippen molar-refractivity contribution in [3.05, 3.63) is 29.3 Å². The van der Waals surface area contributed by atoms with Gasteiger partial charge in [0.25, 0.3) is 0 Å². The maximum atomic E-state index is 5.53. The van der Waals surface area contributed by atoms with E-state index in [4.69, 9.17) is 15.2 Å². The van der Waals surface area contributed by atoms with Gasteiger partial charge in [0, 0.05) is 17.9 Å². The predicted octanol–water partition coefficient (Wildman–Crippen LogP) is 2.33. The Morgan fingerprint density at radius 2 is 2.11 bits per heavy atom. The molecule has 0 atom stereocenters. The molecule has 4 nitrogen and oxygen atoms in total. The van der Waals surface area contributed by atoms with Gasteiger partial charge in [-0.2, -0.15) is 0 Å². The van der Waals surface area contributed by atoms with Crippen LogP contribution in [0.1, 0.15) is 5.69 Å². The average molecular weight is 264 g/mol. The summed E-state index contributed by atoms with van der Waals surface area (Å²) in [6.07, 6.45) is 0.801. The van der Waals surface area contributed by atoms with E-state index in [2.05, 4.69) is 4.98 Å². The van der Waals surface area contributed by atoms with E-state index in [0.29, 0.717) is 6.54 Å². The number of hydrogen-bond acceptors (Lipinski definition) is 5. The Balaban J connectivity index is 2.36. The van der Waals surface area contributed by atoms with E-state index in [9.17, 15) is 0 Å². The predicted molar refractivity (Wildman–Crippen MR) is 73.4 cm³/mol. The van der Waals surface area contributed by atoms with Crippen molar-refractivity contribution in [2.75, 3.05) is 20.8 Å². The quantitative estimate of drug-likeness (QED) is 0.900.